The van der Waals surface area contributed by atoms with Crippen LogP contribution in [0.15, 0.2) is 65.7 Å². The molecule has 232 valence electrons. The first-order valence-electron chi connectivity index (χ1n) is 13.4. The molecule has 0 saturated carbocycles. The van der Waals surface area contributed by atoms with Crippen LogP contribution in [0.5, 0.6) is 0 Å². The molecule has 0 amide bonds. The fourth-order valence-corrected chi connectivity index (χ4v) is 3.82. The monoisotopic (exact) mass is 710 g/mol. The van der Waals surface area contributed by atoms with Crippen molar-refractivity contribution in [3.8, 4) is 24.7 Å². The number of alkyl halides is 1. The molecule has 0 radical (unpaired) electrons. The number of benzene rings is 2. The van der Waals surface area contributed by atoms with Gasteiger partial charge in [-0.05, 0) is 30.1 Å². The van der Waals surface area contributed by atoms with E-state index in [1.54, 1.807) is 0 Å². The van der Waals surface area contributed by atoms with Crippen molar-refractivity contribution in [3.63, 3.8) is 0 Å². The fourth-order valence-electron chi connectivity index (χ4n) is 3.29. The van der Waals surface area contributed by atoms with Crippen LogP contribution in [0.2, 0.25) is 0 Å². The predicted octanol–water partition coefficient (Wildman–Crippen LogP) is 7.44. The number of aliphatic imine (C=N–C) groups is 1. The van der Waals surface area contributed by atoms with Crippen molar-refractivity contribution in [1.29, 1.82) is 0 Å². The average molecular weight is 711 g/mol. The number of hydrogen-bond acceptors (Lipinski definition) is 6. The summed E-state index contributed by atoms with van der Waals surface area (Å²) in [6, 6.07) is 19.1. The molecule has 0 bridgehead atoms. The Kier molecular flexibility index (Phi) is 32.3. The maximum atomic E-state index is 11.2. The van der Waals surface area contributed by atoms with E-state index in [4.69, 9.17) is 18.6 Å². The highest BCUT2D eigenvalue weighted by atomic mass is 127. The Morgan fingerprint density at radius 2 is 1.31 bits per heavy atom. The van der Waals surface area contributed by atoms with Gasteiger partial charge in [0.1, 0.15) is 12.6 Å². The molecule has 0 saturated heterocycles. The van der Waals surface area contributed by atoms with Crippen molar-refractivity contribution in [3.05, 3.63) is 71.8 Å². The topological polar surface area (TPSA) is 91.0 Å². The number of rotatable bonds is 14. The summed E-state index contributed by atoms with van der Waals surface area (Å²) in [7, 11) is 2.71. The first kappa shape index (κ1) is 43.6. The Bertz CT molecular complexity index is 1010. The van der Waals surface area contributed by atoms with Crippen LogP contribution in [0, 0.1) is 24.7 Å². The number of hydrogen-bond donors (Lipinski definition) is 1. The lowest BCUT2D eigenvalue weighted by Gasteiger charge is -2.07. The molecule has 1 unspecified atom stereocenters. The van der Waals surface area contributed by atoms with Gasteiger partial charge in [-0.25, -0.2) is 0 Å². The van der Waals surface area contributed by atoms with Crippen LogP contribution in [0.1, 0.15) is 76.3 Å². The lowest BCUT2D eigenvalue weighted by Crippen LogP contribution is -2.31. The second-order valence-corrected chi connectivity index (χ2v) is 9.69. The zero-order valence-electron chi connectivity index (χ0n) is 24.2. The van der Waals surface area contributed by atoms with Gasteiger partial charge in [0, 0.05) is 24.0 Å². The second-order valence-electron chi connectivity index (χ2n) is 8.61. The van der Waals surface area contributed by atoms with Crippen molar-refractivity contribution >= 4 is 52.6 Å². The highest BCUT2D eigenvalue weighted by Crippen LogP contribution is 2.11. The van der Waals surface area contributed by atoms with E-state index in [0.29, 0.717) is 6.42 Å². The van der Waals surface area contributed by atoms with Gasteiger partial charge in [-0.15, -0.1) is 37.1 Å². The number of halogens is 2. The Morgan fingerprint density at radius 3 is 1.71 bits per heavy atom. The number of esters is 2. The summed E-state index contributed by atoms with van der Waals surface area (Å²) in [5.74, 6) is 4.51. The summed E-state index contributed by atoms with van der Waals surface area (Å²) in [6.07, 6.45) is 19.4. The molecule has 2 N–H and O–H groups in total. The normalized spacial score (nSPS) is 9.67. The van der Waals surface area contributed by atoms with E-state index in [0.717, 1.165) is 48.9 Å². The van der Waals surface area contributed by atoms with Crippen LogP contribution < -0.4 is 5.73 Å². The smallest absolute Gasteiger partial charge is 0.327 e. The summed E-state index contributed by atoms with van der Waals surface area (Å²) in [5, 5.41) is 0. The van der Waals surface area contributed by atoms with Gasteiger partial charge in [0.05, 0.1) is 19.9 Å². The SMILES string of the molecule is C.C#CCCCCCC(N)C(=O)OC.C#CCCCCCI.COC(=O)CN=C(c1ccccc1)c1ccccc1.Cl. The molecule has 0 fully saturated rings. The largest absolute Gasteiger partial charge is 0.468 e. The molecule has 42 heavy (non-hydrogen) atoms. The van der Waals surface area contributed by atoms with Gasteiger partial charge >= 0.3 is 11.9 Å². The number of terminal acetylenes is 2. The van der Waals surface area contributed by atoms with Gasteiger partial charge in [-0.3, -0.25) is 14.6 Å². The molecular weight excluding hydrogens is 663 g/mol. The van der Waals surface area contributed by atoms with E-state index < -0.39 is 6.04 Å². The maximum absolute atomic E-state index is 11.2. The molecule has 2 aromatic carbocycles. The molecule has 0 spiro atoms. The maximum Gasteiger partial charge on any atom is 0.327 e. The van der Waals surface area contributed by atoms with E-state index in [-0.39, 0.29) is 38.3 Å². The molecule has 1 atom stereocenters. The van der Waals surface area contributed by atoms with Crippen LogP contribution in [0.25, 0.3) is 0 Å². The van der Waals surface area contributed by atoms with Crippen molar-refractivity contribution in [2.75, 3.05) is 25.2 Å². The number of ether oxygens (including phenoxy) is 2. The van der Waals surface area contributed by atoms with Crippen molar-refractivity contribution in [2.24, 2.45) is 10.7 Å². The zero-order valence-corrected chi connectivity index (χ0v) is 27.2. The van der Waals surface area contributed by atoms with Crippen LogP contribution in [0.3, 0.4) is 0 Å². The van der Waals surface area contributed by atoms with E-state index in [9.17, 15) is 9.59 Å². The molecule has 6 nitrogen and oxygen atoms in total. The van der Waals surface area contributed by atoms with E-state index in [2.05, 4.69) is 48.9 Å². The minimum absolute atomic E-state index is 0. The Hall–Kier alpha value is -2.85. The third-order valence-electron chi connectivity index (χ3n) is 5.48. The van der Waals surface area contributed by atoms with Gasteiger partial charge in [-0.1, -0.05) is 110 Å². The summed E-state index contributed by atoms with van der Waals surface area (Å²) >= 11 is 2.39. The minimum Gasteiger partial charge on any atom is -0.468 e. The van der Waals surface area contributed by atoms with E-state index in [1.165, 1.54) is 37.9 Å². The van der Waals surface area contributed by atoms with Gasteiger partial charge in [0.25, 0.3) is 0 Å². The number of methoxy groups -OCH3 is 2. The van der Waals surface area contributed by atoms with Crippen LogP contribution >= 0.6 is 35.0 Å². The zero-order chi connectivity index (χ0) is 29.8. The van der Waals surface area contributed by atoms with Crippen LogP contribution in [-0.4, -0.2) is 48.9 Å². The molecule has 0 aliphatic rings. The first-order valence-corrected chi connectivity index (χ1v) is 15.0. The Labute approximate surface area is 274 Å². The quantitative estimate of drug-likeness (QED) is 0.0550. The highest BCUT2D eigenvalue weighted by Gasteiger charge is 2.12. The molecular formula is C34H48ClIN2O4. The number of unbranched alkanes of at least 4 members (excludes halogenated alkanes) is 6. The molecule has 0 aliphatic heterocycles. The summed E-state index contributed by atoms with van der Waals surface area (Å²) in [6.45, 7) is 0.0234. The van der Waals surface area contributed by atoms with Crippen molar-refractivity contribution < 1.29 is 19.1 Å². The number of nitrogens with two attached hydrogens (primary N) is 1. The number of carbonyl (C=O) groups is 2. The molecule has 0 aromatic heterocycles. The fraction of sp³-hybridized carbons (Fsp3) is 0.441. The molecule has 2 rings (SSSR count). The lowest BCUT2D eigenvalue weighted by atomic mass is 10.0. The van der Waals surface area contributed by atoms with Gasteiger partial charge in [0.15, 0.2) is 0 Å². The number of carbonyl (C=O) groups excluding carboxylic acids is 2. The minimum atomic E-state index is -0.476. The third kappa shape index (κ3) is 22.8. The lowest BCUT2D eigenvalue weighted by molar-refractivity contribution is -0.142. The summed E-state index contributed by atoms with van der Waals surface area (Å²) in [4.78, 5) is 26.5. The van der Waals surface area contributed by atoms with Gasteiger partial charge in [0.2, 0.25) is 0 Å². The van der Waals surface area contributed by atoms with E-state index >= 15 is 0 Å². The van der Waals surface area contributed by atoms with Crippen LogP contribution in [-0.2, 0) is 19.1 Å². The first-order chi connectivity index (χ1) is 19.4. The van der Waals surface area contributed by atoms with Crippen molar-refractivity contribution in [2.45, 2.75) is 71.3 Å². The van der Waals surface area contributed by atoms with E-state index in [1.807, 2.05) is 60.7 Å². The van der Waals surface area contributed by atoms with Crippen molar-refractivity contribution in [1.82, 2.24) is 0 Å². The summed E-state index contributed by atoms with van der Waals surface area (Å²) < 4.78 is 10.4. The predicted molar refractivity (Wildman–Crippen MR) is 187 cm³/mol. The third-order valence-corrected chi connectivity index (χ3v) is 6.25. The van der Waals surface area contributed by atoms with Crippen LogP contribution in [0.4, 0.5) is 0 Å². The Balaban J connectivity index is -0.000000581. The molecule has 0 aliphatic carbocycles. The Morgan fingerprint density at radius 1 is 0.833 bits per heavy atom. The highest BCUT2D eigenvalue weighted by molar-refractivity contribution is 14.1. The van der Waals surface area contributed by atoms with Gasteiger partial charge in [-0.2, -0.15) is 0 Å². The molecule has 2 aromatic rings. The summed E-state index contributed by atoms with van der Waals surface area (Å²) in [5.41, 5.74) is 8.29. The molecule has 8 heteroatoms. The standard InChI is InChI=1S/C16H15NO2.C10H17NO2.C7H11I.CH4.ClH/c1-19-15(18)12-17-16(13-8-4-2-5-9-13)14-10-6-3-7-11-14;1-3-4-5-6-7-8-9(11)10(12)13-2;1-2-3-4-5-6-7-8;;/h2-11H,12H2,1H3;1,9H,4-8,11H2,2H3;1H,3-7H2;1H4;1H. The number of nitrogens with zero attached hydrogens (tertiary/aromatic N) is 1. The molecule has 0 heterocycles. The average Bonchev–Trinajstić information content (AvgIpc) is 3.00. The second kappa shape index (κ2) is 31.1. The van der Waals surface area contributed by atoms with Gasteiger partial charge < -0.3 is 15.2 Å².